The fourth-order valence-electron chi connectivity index (χ4n) is 6.71. The number of benzene rings is 2. The predicted molar refractivity (Wildman–Crippen MR) is 160 cm³/mol. The molecule has 1 saturated heterocycles. The Morgan fingerprint density at radius 1 is 0.976 bits per heavy atom. The first kappa shape index (κ1) is 29.5. The predicted octanol–water partition coefficient (Wildman–Crippen LogP) is 2.92. The van der Waals surface area contributed by atoms with E-state index < -0.39 is 6.04 Å². The molecule has 1 aliphatic carbocycles. The largest absolute Gasteiger partial charge is 0.359 e. The van der Waals surface area contributed by atoms with Crippen LogP contribution >= 0.6 is 11.6 Å². The normalized spacial score (nSPS) is 23.8. The van der Waals surface area contributed by atoms with Gasteiger partial charge in [-0.3, -0.25) is 19.3 Å². The number of nitrogens with one attached hydrogen (secondary N) is 3. The van der Waals surface area contributed by atoms with Crippen molar-refractivity contribution < 1.29 is 14.4 Å². The van der Waals surface area contributed by atoms with Crippen molar-refractivity contribution in [2.24, 2.45) is 5.92 Å². The van der Waals surface area contributed by atoms with E-state index in [1.165, 1.54) is 24.0 Å². The second kappa shape index (κ2) is 13.8. The Kier molecular flexibility index (Phi) is 9.96. The Labute approximate surface area is 248 Å². The van der Waals surface area contributed by atoms with E-state index in [-0.39, 0.29) is 23.8 Å². The van der Waals surface area contributed by atoms with E-state index in [1.54, 1.807) is 7.05 Å². The zero-order valence-corrected chi connectivity index (χ0v) is 24.7. The second-order valence-electron chi connectivity index (χ2n) is 11.6. The van der Waals surface area contributed by atoms with Crippen LogP contribution in [0.15, 0.2) is 48.5 Å². The lowest BCUT2D eigenvalue weighted by molar-refractivity contribution is -0.139. The maximum absolute atomic E-state index is 13.9. The number of nitrogens with zero attached hydrogens (tertiary/aromatic N) is 2. The zero-order valence-electron chi connectivity index (χ0n) is 23.9. The molecule has 5 rings (SSSR count). The minimum atomic E-state index is -0.662. The Morgan fingerprint density at radius 2 is 1.68 bits per heavy atom. The Hall–Kier alpha value is -2.94. The van der Waals surface area contributed by atoms with Gasteiger partial charge in [-0.15, -0.1) is 0 Å². The van der Waals surface area contributed by atoms with Gasteiger partial charge in [-0.2, -0.15) is 0 Å². The zero-order chi connectivity index (χ0) is 28.8. The molecule has 4 atom stereocenters. The quantitative estimate of drug-likeness (QED) is 0.447. The molecular formula is C32H42ClN5O3. The molecule has 2 heterocycles. The molecule has 1 saturated carbocycles. The van der Waals surface area contributed by atoms with Crippen molar-refractivity contribution in [3.63, 3.8) is 0 Å². The maximum atomic E-state index is 13.9. The molecule has 3 unspecified atom stereocenters. The molecule has 0 spiro atoms. The first-order valence-electron chi connectivity index (χ1n) is 15.0. The monoisotopic (exact) mass is 579 g/mol. The molecule has 2 aromatic rings. The van der Waals surface area contributed by atoms with Gasteiger partial charge in [0.05, 0.1) is 6.04 Å². The lowest BCUT2D eigenvalue weighted by Gasteiger charge is -2.44. The fourth-order valence-corrected chi connectivity index (χ4v) is 6.84. The molecule has 0 radical (unpaired) electrons. The minimum Gasteiger partial charge on any atom is -0.359 e. The number of halogens is 1. The Morgan fingerprint density at radius 3 is 2.41 bits per heavy atom. The first-order valence-corrected chi connectivity index (χ1v) is 15.4. The van der Waals surface area contributed by atoms with Crippen LogP contribution < -0.4 is 16.0 Å². The molecule has 0 aromatic heterocycles. The van der Waals surface area contributed by atoms with Crippen LogP contribution in [0.2, 0.25) is 5.02 Å². The highest BCUT2D eigenvalue weighted by Crippen LogP contribution is 2.31. The summed E-state index contributed by atoms with van der Waals surface area (Å²) < 4.78 is 0. The average Bonchev–Trinajstić information content (AvgIpc) is 3.01. The number of piperazine rings is 1. The smallest absolute Gasteiger partial charge is 0.245 e. The van der Waals surface area contributed by atoms with E-state index >= 15 is 0 Å². The summed E-state index contributed by atoms with van der Waals surface area (Å²) in [6.45, 7) is 3.43. The summed E-state index contributed by atoms with van der Waals surface area (Å²) in [4.78, 5) is 43.9. The van der Waals surface area contributed by atoms with Crippen LogP contribution in [0.5, 0.6) is 0 Å². The highest BCUT2D eigenvalue weighted by Gasteiger charge is 2.36. The SMILES string of the molecule is CNC(=O)CC1CCCCC1N1CCN(C(=O)[C@H](Cc2ccc(Cl)cc2)NC(=O)C2Cc3ccccc3CN2)CC1. The Balaban J connectivity index is 1.24. The molecule has 2 aromatic carbocycles. The van der Waals surface area contributed by atoms with Gasteiger partial charge in [-0.1, -0.05) is 60.8 Å². The third kappa shape index (κ3) is 7.48. The van der Waals surface area contributed by atoms with Crippen LogP contribution in [0.4, 0.5) is 0 Å². The third-order valence-corrected chi connectivity index (χ3v) is 9.31. The number of amides is 3. The molecule has 2 fully saturated rings. The molecule has 0 bridgehead atoms. The summed E-state index contributed by atoms with van der Waals surface area (Å²) in [5.41, 5.74) is 3.33. The lowest BCUT2D eigenvalue weighted by atomic mass is 9.81. The third-order valence-electron chi connectivity index (χ3n) is 9.06. The van der Waals surface area contributed by atoms with E-state index in [0.29, 0.717) is 55.9 Å². The number of hydrogen-bond donors (Lipinski definition) is 3. The second-order valence-corrected chi connectivity index (χ2v) is 12.1. The van der Waals surface area contributed by atoms with Crippen LogP contribution in [0.1, 0.15) is 48.8 Å². The molecule has 220 valence electrons. The van der Waals surface area contributed by atoms with E-state index in [9.17, 15) is 14.4 Å². The van der Waals surface area contributed by atoms with Crippen LogP contribution in [0.3, 0.4) is 0 Å². The van der Waals surface area contributed by atoms with Crippen molar-refractivity contribution in [3.8, 4) is 0 Å². The van der Waals surface area contributed by atoms with Crippen LogP contribution in [-0.4, -0.2) is 78.9 Å². The van der Waals surface area contributed by atoms with E-state index in [1.807, 2.05) is 41.3 Å². The summed E-state index contributed by atoms with van der Waals surface area (Å²) in [6.07, 6.45) is 6.10. The van der Waals surface area contributed by atoms with Gasteiger partial charge in [0.1, 0.15) is 6.04 Å². The summed E-state index contributed by atoms with van der Waals surface area (Å²) in [7, 11) is 1.70. The summed E-state index contributed by atoms with van der Waals surface area (Å²) >= 11 is 6.10. The molecule has 3 amide bonds. The molecular weight excluding hydrogens is 538 g/mol. The number of carbonyl (C=O) groups excluding carboxylic acids is 3. The van der Waals surface area contributed by atoms with Crippen LogP contribution in [0, 0.1) is 5.92 Å². The fraction of sp³-hybridized carbons (Fsp3) is 0.531. The first-order chi connectivity index (χ1) is 19.9. The molecule has 3 N–H and O–H groups in total. The van der Waals surface area contributed by atoms with Gasteiger partial charge in [0.25, 0.3) is 0 Å². The molecule has 3 aliphatic rings. The molecule has 8 nitrogen and oxygen atoms in total. The Bertz CT molecular complexity index is 1210. The lowest BCUT2D eigenvalue weighted by Crippen LogP contribution is -2.59. The van der Waals surface area contributed by atoms with Gasteiger partial charge in [0.15, 0.2) is 0 Å². The molecule has 9 heteroatoms. The number of carbonyl (C=O) groups is 3. The van der Waals surface area contributed by atoms with E-state index in [0.717, 1.165) is 31.5 Å². The minimum absolute atomic E-state index is 0.0466. The molecule has 41 heavy (non-hydrogen) atoms. The van der Waals surface area contributed by atoms with Gasteiger partial charge in [-0.05, 0) is 54.0 Å². The van der Waals surface area contributed by atoms with Crippen molar-refractivity contribution in [1.29, 1.82) is 0 Å². The van der Waals surface area contributed by atoms with Crippen molar-refractivity contribution in [1.82, 2.24) is 25.8 Å². The van der Waals surface area contributed by atoms with Crippen molar-refractivity contribution in [2.45, 2.75) is 69.6 Å². The van der Waals surface area contributed by atoms with Crippen molar-refractivity contribution >= 4 is 29.3 Å². The van der Waals surface area contributed by atoms with Gasteiger partial charge in [0, 0.05) is 63.7 Å². The highest BCUT2D eigenvalue weighted by atomic mass is 35.5. The van der Waals surface area contributed by atoms with Crippen LogP contribution in [0.25, 0.3) is 0 Å². The average molecular weight is 580 g/mol. The number of rotatable bonds is 8. The van der Waals surface area contributed by atoms with Gasteiger partial charge >= 0.3 is 0 Å². The van der Waals surface area contributed by atoms with Crippen molar-refractivity contribution in [3.05, 3.63) is 70.2 Å². The van der Waals surface area contributed by atoms with Gasteiger partial charge in [-0.25, -0.2) is 0 Å². The summed E-state index contributed by atoms with van der Waals surface area (Å²) in [6, 6.07) is 15.0. The molecule has 2 aliphatic heterocycles. The summed E-state index contributed by atoms with van der Waals surface area (Å²) in [5.74, 6) is 0.267. The standard InChI is InChI=1S/C32H42ClN5O3/c1-34-30(39)20-24-7-4-5-9-29(24)37-14-16-38(17-15-37)32(41)28(18-22-10-12-26(33)13-11-22)36-31(40)27-19-23-6-2-3-8-25(23)21-35-27/h2-3,6,8,10-13,24,27-29,35H,4-5,7,9,14-21H2,1H3,(H,34,39)(H,36,40)/t24?,27?,28-,29?/m0/s1. The number of hydrogen-bond acceptors (Lipinski definition) is 5. The number of fused-ring (bicyclic) bond motifs is 1. The van der Waals surface area contributed by atoms with Crippen molar-refractivity contribution in [2.75, 3.05) is 33.2 Å². The highest BCUT2D eigenvalue weighted by molar-refractivity contribution is 6.30. The van der Waals surface area contributed by atoms with E-state index in [2.05, 4.69) is 33.0 Å². The van der Waals surface area contributed by atoms with Gasteiger partial charge < -0.3 is 20.9 Å². The van der Waals surface area contributed by atoms with Gasteiger partial charge in [0.2, 0.25) is 17.7 Å². The summed E-state index contributed by atoms with van der Waals surface area (Å²) in [5, 5.41) is 9.87. The van der Waals surface area contributed by atoms with E-state index in [4.69, 9.17) is 11.6 Å². The topological polar surface area (TPSA) is 93.8 Å². The van der Waals surface area contributed by atoms with Crippen LogP contribution in [-0.2, 0) is 33.8 Å². The maximum Gasteiger partial charge on any atom is 0.245 e.